The molecule has 2 N–H and O–H groups in total. The number of halogens is 1. The number of carboxylic acids is 1. The van der Waals surface area contributed by atoms with Crippen LogP contribution in [0.1, 0.15) is 36.5 Å². The molecule has 0 unspecified atom stereocenters. The molecule has 1 aliphatic rings. The predicted molar refractivity (Wildman–Crippen MR) is 66.7 cm³/mol. The molecule has 1 saturated carbocycles. The van der Waals surface area contributed by atoms with Crippen LogP contribution in [0.5, 0.6) is 0 Å². The highest BCUT2D eigenvalue weighted by Gasteiger charge is 2.31. The summed E-state index contributed by atoms with van der Waals surface area (Å²) in [6.07, 6.45) is 5.10. The average Bonchev–Trinajstić information content (AvgIpc) is 2.25. The van der Waals surface area contributed by atoms with Crippen molar-refractivity contribution < 1.29 is 9.90 Å². The van der Waals surface area contributed by atoms with Crippen LogP contribution in [0.4, 0.5) is 5.82 Å². The standard InChI is InChI=1S/C12H15ClN2O2/c1-12(4-2-5-12)7-15-10-9(13)8(11(16)17)3-6-14-10/h3,6H,2,4-5,7H2,1H3,(H,14,15)(H,16,17). The van der Waals surface area contributed by atoms with Gasteiger partial charge in [0.1, 0.15) is 5.82 Å². The molecular weight excluding hydrogens is 240 g/mol. The van der Waals surface area contributed by atoms with Crippen molar-refractivity contribution >= 4 is 23.4 Å². The summed E-state index contributed by atoms with van der Waals surface area (Å²) in [4.78, 5) is 15.0. The summed E-state index contributed by atoms with van der Waals surface area (Å²) in [6, 6.07) is 1.40. The first-order valence-electron chi connectivity index (χ1n) is 5.63. The largest absolute Gasteiger partial charge is 0.478 e. The van der Waals surface area contributed by atoms with Gasteiger partial charge in [-0.3, -0.25) is 0 Å². The molecule has 0 bridgehead atoms. The molecule has 0 spiro atoms. The molecule has 4 nitrogen and oxygen atoms in total. The molecule has 2 rings (SSSR count). The number of anilines is 1. The fourth-order valence-corrected chi connectivity index (χ4v) is 2.25. The van der Waals surface area contributed by atoms with Crippen LogP contribution in [0.25, 0.3) is 0 Å². The van der Waals surface area contributed by atoms with Gasteiger partial charge in [0.2, 0.25) is 0 Å². The zero-order valence-electron chi connectivity index (χ0n) is 9.66. The second kappa shape index (κ2) is 4.53. The van der Waals surface area contributed by atoms with Gasteiger partial charge < -0.3 is 10.4 Å². The van der Waals surface area contributed by atoms with Crippen molar-refractivity contribution in [2.45, 2.75) is 26.2 Å². The van der Waals surface area contributed by atoms with E-state index in [4.69, 9.17) is 16.7 Å². The van der Waals surface area contributed by atoms with Crippen LogP contribution in [-0.2, 0) is 0 Å². The third kappa shape index (κ3) is 2.52. The number of carbonyl (C=O) groups is 1. The average molecular weight is 255 g/mol. The van der Waals surface area contributed by atoms with Crippen LogP contribution in [0.3, 0.4) is 0 Å². The Morgan fingerprint density at radius 3 is 2.88 bits per heavy atom. The third-order valence-corrected chi connectivity index (χ3v) is 3.75. The van der Waals surface area contributed by atoms with E-state index in [1.54, 1.807) is 0 Å². The number of rotatable bonds is 4. The SMILES string of the molecule is CC1(CNc2nccc(C(=O)O)c2Cl)CCC1. The third-order valence-electron chi connectivity index (χ3n) is 3.36. The molecule has 0 saturated heterocycles. The Morgan fingerprint density at radius 2 is 2.35 bits per heavy atom. The number of carboxylic acid groups (broad SMARTS) is 1. The van der Waals surface area contributed by atoms with Gasteiger partial charge in [-0.15, -0.1) is 0 Å². The molecule has 0 radical (unpaired) electrons. The summed E-state index contributed by atoms with van der Waals surface area (Å²) in [5, 5.41) is 12.3. The Kier molecular flexibility index (Phi) is 3.24. The lowest BCUT2D eigenvalue weighted by Gasteiger charge is -2.38. The molecule has 5 heteroatoms. The smallest absolute Gasteiger partial charge is 0.337 e. The zero-order chi connectivity index (χ0) is 12.5. The molecular formula is C12H15ClN2O2. The second-order valence-electron chi connectivity index (χ2n) is 4.84. The Bertz CT molecular complexity index is 444. The Hall–Kier alpha value is -1.29. The molecule has 0 atom stereocenters. The van der Waals surface area contributed by atoms with Gasteiger partial charge in [-0.05, 0) is 24.3 Å². The van der Waals surface area contributed by atoms with Crippen LogP contribution < -0.4 is 5.32 Å². The van der Waals surface area contributed by atoms with Crippen molar-refractivity contribution in [3.63, 3.8) is 0 Å². The van der Waals surface area contributed by atoms with Crippen molar-refractivity contribution in [3.05, 3.63) is 22.8 Å². The normalized spacial score (nSPS) is 17.3. The maximum absolute atomic E-state index is 10.9. The number of hydrogen-bond donors (Lipinski definition) is 2. The molecule has 1 heterocycles. The van der Waals surface area contributed by atoms with Gasteiger partial charge in [0.25, 0.3) is 0 Å². The van der Waals surface area contributed by atoms with E-state index in [1.165, 1.54) is 31.5 Å². The van der Waals surface area contributed by atoms with E-state index >= 15 is 0 Å². The molecule has 0 aliphatic heterocycles. The van der Waals surface area contributed by atoms with E-state index in [0.717, 1.165) is 6.54 Å². The Labute approximate surface area is 105 Å². The summed E-state index contributed by atoms with van der Waals surface area (Å²) >= 11 is 5.99. The quantitative estimate of drug-likeness (QED) is 0.867. The van der Waals surface area contributed by atoms with Gasteiger partial charge >= 0.3 is 5.97 Å². The number of hydrogen-bond acceptors (Lipinski definition) is 3. The molecule has 1 aliphatic carbocycles. The summed E-state index contributed by atoms with van der Waals surface area (Å²) < 4.78 is 0. The first-order valence-corrected chi connectivity index (χ1v) is 6.01. The van der Waals surface area contributed by atoms with Gasteiger partial charge in [-0.1, -0.05) is 24.9 Å². The van der Waals surface area contributed by atoms with Gasteiger partial charge in [0.15, 0.2) is 0 Å². The minimum absolute atomic E-state index is 0.0860. The van der Waals surface area contributed by atoms with Gasteiger partial charge in [-0.25, -0.2) is 9.78 Å². The summed E-state index contributed by atoms with van der Waals surface area (Å²) in [5.41, 5.74) is 0.382. The number of aromatic nitrogens is 1. The Morgan fingerprint density at radius 1 is 1.65 bits per heavy atom. The van der Waals surface area contributed by atoms with Crippen LogP contribution in [-0.4, -0.2) is 22.6 Å². The Balaban J connectivity index is 2.10. The highest BCUT2D eigenvalue weighted by Crippen LogP contribution is 2.40. The maximum atomic E-state index is 10.9. The van der Waals surface area contributed by atoms with Crippen LogP contribution >= 0.6 is 11.6 Å². The summed E-state index contributed by atoms with van der Waals surface area (Å²) in [6.45, 7) is 2.99. The lowest BCUT2D eigenvalue weighted by atomic mass is 9.70. The molecule has 1 aromatic heterocycles. The first-order chi connectivity index (χ1) is 8.02. The fraction of sp³-hybridized carbons (Fsp3) is 0.500. The minimum Gasteiger partial charge on any atom is -0.478 e. The summed E-state index contributed by atoms with van der Waals surface area (Å²) in [5.74, 6) is -0.574. The predicted octanol–water partition coefficient (Wildman–Crippen LogP) is 3.04. The molecule has 0 aromatic carbocycles. The first kappa shape index (κ1) is 12.2. The minimum atomic E-state index is -1.03. The van der Waals surface area contributed by atoms with E-state index in [0.29, 0.717) is 11.2 Å². The van der Waals surface area contributed by atoms with E-state index in [2.05, 4.69) is 17.2 Å². The molecule has 1 fully saturated rings. The number of aromatic carboxylic acids is 1. The maximum Gasteiger partial charge on any atom is 0.337 e. The van der Waals surface area contributed by atoms with E-state index in [-0.39, 0.29) is 10.6 Å². The lowest BCUT2D eigenvalue weighted by molar-refractivity contribution is 0.0697. The molecule has 92 valence electrons. The van der Waals surface area contributed by atoms with Crippen molar-refractivity contribution in [3.8, 4) is 0 Å². The van der Waals surface area contributed by atoms with E-state index in [1.807, 2.05) is 0 Å². The monoisotopic (exact) mass is 254 g/mol. The highest BCUT2D eigenvalue weighted by molar-refractivity contribution is 6.35. The van der Waals surface area contributed by atoms with Crippen molar-refractivity contribution in [1.29, 1.82) is 0 Å². The van der Waals surface area contributed by atoms with E-state index < -0.39 is 5.97 Å². The van der Waals surface area contributed by atoms with Crippen LogP contribution in [0, 0.1) is 5.41 Å². The van der Waals surface area contributed by atoms with Crippen molar-refractivity contribution in [2.24, 2.45) is 5.41 Å². The highest BCUT2D eigenvalue weighted by atomic mass is 35.5. The van der Waals surface area contributed by atoms with Crippen LogP contribution in [0.2, 0.25) is 5.02 Å². The molecule has 0 amide bonds. The van der Waals surface area contributed by atoms with E-state index in [9.17, 15) is 4.79 Å². The lowest BCUT2D eigenvalue weighted by Crippen LogP contribution is -2.33. The summed E-state index contributed by atoms with van der Waals surface area (Å²) in [7, 11) is 0. The van der Waals surface area contributed by atoms with Gasteiger partial charge in [0, 0.05) is 12.7 Å². The number of nitrogens with zero attached hydrogens (tertiary/aromatic N) is 1. The number of pyridine rings is 1. The van der Waals surface area contributed by atoms with Crippen molar-refractivity contribution in [1.82, 2.24) is 4.98 Å². The number of nitrogens with one attached hydrogen (secondary N) is 1. The fourth-order valence-electron chi connectivity index (χ4n) is 1.99. The van der Waals surface area contributed by atoms with Gasteiger partial charge in [-0.2, -0.15) is 0 Å². The topological polar surface area (TPSA) is 62.2 Å². The van der Waals surface area contributed by atoms with Gasteiger partial charge in [0.05, 0.1) is 10.6 Å². The zero-order valence-corrected chi connectivity index (χ0v) is 10.4. The molecule has 17 heavy (non-hydrogen) atoms. The van der Waals surface area contributed by atoms with Crippen molar-refractivity contribution in [2.75, 3.05) is 11.9 Å². The second-order valence-corrected chi connectivity index (χ2v) is 5.22. The molecule has 1 aromatic rings. The van der Waals surface area contributed by atoms with Crippen LogP contribution in [0.15, 0.2) is 12.3 Å².